The van der Waals surface area contributed by atoms with Crippen LogP contribution >= 0.6 is 0 Å². The maximum absolute atomic E-state index is 4.33. The number of rotatable bonds is 3. The van der Waals surface area contributed by atoms with Crippen molar-refractivity contribution in [2.75, 3.05) is 7.05 Å². The largest absolute Gasteiger partial charge is 0.347 e. The molecule has 0 fully saturated rings. The Kier molecular flexibility index (Phi) is 2.32. The van der Waals surface area contributed by atoms with E-state index in [1.165, 1.54) is 0 Å². The Morgan fingerprint density at radius 2 is 2.43 bits per heavy atom. The summed E-state index contributed by atoms with van der Waals surface area (Å²) >= 11 is 0. The van der Waals surface area contributed by atoms with Crippen molar-refractivity contribution in [3.8, 4) is 0 Å². The molecular weight excluding hydrogens is 178 g/mol. The van der Waals surface area contributed by atoms with Gasteiger partial charge in [-0.2, -0.15) is 5.10 Å². The first kappa shape index (κ1) is 8.96. The summed E-state index contributed by atoms with van der Waals surface area (Å²) < 4.78 is 1.78. The molecule has 1 atom stereocenters. The average molecular weight is 191 g/mol. The lowest BCUT2D eigenvalue weighted by atomic mass is 10.2. The Morgan fingerprint density at radius 1 is 1.57 bits per heavy atom. The zero-order valence-corrected chi connectivity index (χ0v) is 8.23. The third-order valence-corrected chi connectivity index (χ3v) is 2.11. The quantitative estimate of drug-likeness (QED) is 0.740. The van der Waals surface area contributed by atoms with Gasteiger partial charge in [0.15, 0.2) is 0 Å². The van der Waals surface area contributed by atoms with Crippen LogP contribution in [0.2, 0.25) is 0 Å². The fraction of sp³-hybridized carbons (Fsp3) is 0.333. The van der Waals surface area contributed by atoms with E-state index in [1.54, 1.807) is 10.9 Å². The zero-order chi connectivity index (χ0) is 9.97. The van der Waals surface area contributed by atoms with Gasteiger partial charge in [0, 0.05) is 25.6 Å². The normalized spacial score (nSPS) is 13.0. The number of hydrogen-bond acceptors (Lipinski definition) is 3. The molecule has 0 saturated carbocycles. The van der Waals surface area contributed by atoms with E-state index < -0.39 is 0 Å². The van der Waals surface area contributed by atoms with Gasteiger partial charge in [0.2, 0.25) is 0 Å². The Bertz CT molecular complexity index is 389. The second-order valence-electron chi connectivity index (χ2n) is 3.11. The monoisotopic (exact) mass is 191 g/mol. The first-order valence-electron chi connectivity index (χ1n) is 4.47. The molecule has 0 radical (unpaired) electrons. The van der Waals surface area contributed by atoms with Gasteiger partial charge in [-0.3, -0.25) is 4.68 Å². The summed E-state index contributed by atoms with van der Waals surface area (Å²) in [6.07, 6.45) is 5.47. The van der Waals surface area contributed by atoms with Crippen molar-refractivity contribution < 1.29 is 0 Å². The highest BCUT2D eigenvalue weighted by molar-refractivity contribution is 5.15. The van der Waals surface area contributed by atoms with Gasteiger partial charge in [0.25, 0.3) is 0 Å². The molecule has 14 heavy (non-hydrogen) atoms. The summed E-state index contributed by atoms with van der Waals surface area (Å²) in [7, 11) is 3.79. The van der Waals surface area contributed by atoms with Crippen LogP contribution in [0.1, 0.15) is 17.6 Å². The van der Waals surface area contributed by atoms with Crippen LogP contribution in [0, 0.1) is 0 Å². The number of nitrogens with zero attached hydrogens (tertiary/aromatic N) is 3. The van der Waals surface area contributed by atoms with E-state index in [0.717, 1.165) is 11.5 Å². The number of hydrogen-bond donors (Lipinski definition) is 2. The SMILES string of the molecule is CNC(c1ccn(C)n1)c1ncc[nH]1. The van der Waals surface area contributed by atoms with Gasteiger partial charge in [-0.1, -0.05) is 0 Å². The molecule has 2 aromatic rings. The number of nitrogens with one attached hydrogen (secondary N) is 2. The summed E-state index contributed by atoms with van der Waals surface area (Å²) in [5.41, 5.74) is 0.963. The minimum Gasteiger partial charge on any atom is -0.347 e. The molecule has 2 N–H and O–H groups in total. The molecule has 0 spiro atoms. The van der Waals surface area contributed by atoms with Gasteiger partial charge in [0.1, 0.15) is 11.9 Å². The Labute approximate surface area is 82.2 Å². The van der Waals surface area contributed by atoms with E-state index >= 15 is 0 Å². The van der Waals surface area contributed by atoms with Gasteiger partial charge in [-0.25, -0.2) is 4.98 Å². The number of aromatic nitrogens is 4. The minimum absolute atomic E-state index is 0.0335. The summed E-state index contributed by atoms with van der Waals surface area (Å²) in [5, 5.41) is 7.50. The Balaban J connectivity index is 2.31. The van der Waals surface area contributed by atoms with Crippen molar-refractivity contribution in [2.24, 2.45) is 7.05 Å². The lowest BCUT2D eigenvalue weighted by Crippen LogP contribution is -2.19. The van der Waals surface area contributed by atoms with E-state index in [9.17, 15) is 0 Å². The molecule has 1 unspecified atom stereocenters. The highest BCUT2D eigenvalue weighted by Gasteiger charge is 2.16. The summed E-state index contributed by atoms with van der Waals surface area (Å²) in [6, 6.07) is 2.01. The number of aryl methyl sites for hydroxylation is 1. The van der Waals surface area contributed by atoms with Crippen LogP contribution in [0.4, 0.5) is 0 Å². The van der Waals surface area contributed by atoms with Crippen LogP contribution in [-0.4, -0.2) is 26.8 Å². The van der Waals surface area contributed by atoms with Crippen LogP contribution in [0.3, 0.4) is 0 Å². The number of aromatic amines is 1. The lowest BCUT2D eigenvalue weighted by Gasteiger charge is -2.10. The molecule has 0 bridgehead atoms. The van der Waals surface area contributed by atoms with E-state index in [1.807, 2.05) is 32.6 Å². The molecular formula is C9H13N5. The molecule has 5 heteroatoms. The predicted molar refractivity (Wildman–Crippen MR) is 52.7 cm³/mol. The molecule has 0 amide bonds. The molecule has 0 aliphatic heterocycles. The van der Waals surface area contributed by atoms with Crippen LogP contribution in [0.25, 0.3) is 0 Å². The summed E-state index contributed by atoms with van der Waals surface area (Å²) in [5.74, 6) is 0.881. The van der Waals surface area contributed by atoms with Crippen LogP contribution < -0.4 is 5.32 Å². The third kappa shape index (κ3) is 1.54. The fourth-order valence-electron chi connectivity index (χ4n) is 1.45. The third-order valence-electron chi connectivity index (χ3n) is 2.11. The maximum Gasteiger partial charge on any atom is 0.129 e. The maximum atomic E-state index is 4.33. The Morgan fingerprint density at radius 3 is 2.93 bits per heavy atom. The molecule has 2 rings (SSSR count). The summed E-state index contributed by atoms with van der Waals surface area (Å²) in [6.45, 7) is 0. The van der Waals surface area contributed by atoms with Crippen LogP contribution in [0.15, 0.2) is 24.7 Å². The molecule has 74 valence electrons. The first-order chi connectivity index (χ1) is 6.81. The smallest absolute Gasteiger partial charge is 0.129 e. The molecule has 0 aromatic carbocycles. The van der Waals surface area contributed by atoms with Gasteiger partial charge >= 0.3 is 0 Å². The topological polar surface area (TPSA) is 58.5 Å². The number of imidazole rings is 1. The van der Waals surface area contributed by atoms with Crippen molar-refractivity contribution in [3.05, 3.63) is 36.2 Å². The molecule has 0 saturated heterocycles. The zero-order valence-electron chi connectivity index (χ0n) is 8.23. The van der Waals surface area contributed by atoms with E-state index in [-0.39, 0.29) is 6.04 Å². The fourth-order valence-corrected chi connectivity index (χ4v) is 1.45. The van der Waals surface area contributed by atoms with Gasteiger partial charge in [-0.15, -0.1) is 0 Å². The van der Waals surface area contributed by atoms with Gasteiger partial charge in [-0.05, 0) is 13.1 Å². The highest BCUT2D eigenvalue weighted by atomic mass is 15.3. The number of H-pyrrole nitrogens is 1. The van der Waals surface area contributed by atoms with Crippen molar-refractivity contribution in [1.82, 2.24) is 25.1 Å². The van der Waals surface area contributed by atoms with Crippen molar-refractivity contribution in [1.29, 1.82) is 0 Å². The van der Waals surface area contributed by atoms with E-state index in [2.05, 4.69) is 20.4 Å². The first-order valence-corrected chi connectivity index (χ1v) is 4.47. The van der Waals surface area contributed by atoms with Gasteiger partial charge in [0.05, 0.1) is 5.69 Å². The molecule has 2 aromatic heterocycles. The van der Waals surface area contributed by atoms with Crippen LogP contribution in [0.5, 0.6) is 0 Å². The van der Waals surface area contributed by atoms with Crippen molar-refractivity contribution in [3.63, 3.8) is 0 Å². The lowest BCUT2D eigenvalue weighted by molar-refractivity contribution is 0.616. The van der Waals surface area contributed by atoms with Crippen molar-refractivity contribution >= 4 is 0 Å². The summed E-state index contributed by atoms with van der Waals surface area (Å²) in [4.78, 5) is 7.28. The Hall–Kier alpha value is -1.62. The standard InChI is InChI=1S/C9H13N5/c1-10-8(9-11-4-5-12-9)7-3-6-14(2)13-7/h3-6,8,10H,1-2H3,(H,11,12). The highest BCUT2D eigenvalue weighted by Crippen LogP contribution is 2.15. The molecule has 5 nitrogen and oxygen atoms in total. The molecule has 0 aliphatic rings. The minimum atomic E-state index is 0.0335. The average Bonchev–Trinajstić information content (AvgIpc) is 2.79. The van der Waals surface area contributed by atoms with Crippen LogP contribution in [-0.2, 0) is 7.05 Å². The van der Waals surface area contributed by atoms with E-state index in [0.29, 0.717) is 0 Å². The van der Waals surface area contributed by atoms with Crippen molar-refractivity contribution in [2.45, 2.75) is 6.04 Å². The van der Waals surface area contributed by atoms with Gasteiger partial charge < -0.3 is 10.3 Å². The second kappa shape index (κ2) is 3.63. The second-order valence-corrected chi connectivity index (χ2v) is 3.11. The molecule has 2 heterocycles. The van der Waals surface area contributed by atoms with E-state index in [4.69, 9.17) is 0 Å². The predicted octanol–water partition coefficient (Wildman–Crippen LogP) is 0.452. The molecule has 0 aliphatic carbocycles.